The van der Waals surface area contributed by atoms with Crippen LogP contribution in [0.3, 0.4) is 0 Å². The Labute approximate surface area is 258 Å². The van der Waals surface area contributed by atoms with Gasteiger partial charge in [-0.3, -0.25) is 14.5 Å². The first-order valence-corrected chi connectivity index (χ1v) is 17.8. The fourth-order valence-electron chi connectivity index (χ4n) is 9.89. The van der Waals surface area contributed by atoms with Crippen LogP contribution in [0, 0.1) is 17.8 Å². The molecule has 0 radical (unpaired) electrons. The van der Waals surface area contributed by atoms with Crippen molar-refractivity contribution in [1.29, 1.82) is 0 Å². The molecule has 9 nitrogen and oxygen atoms in total. The lowest BCUT2D eigenvalue weighted by atomic mass is 9.65. The van der Waals surface area contributed by atoms with Gasteiger partial charge in [0.2, 0.25) is 0 Å². The number of amides is 1. The number of carbonyl (C=O) groups excluding carboxylic acids is 2. The summed E-state index contributed by atoms with van der Waals surface area (Å²) in [5.41, 5.74) is 0.392. The fraction of sp³-hybridized carbons (Fsp3) is 0.882. The van der Waals surface area contributed by atoms with Crippen LogP contribution >= 0.6 is 0 Å². The molecule has 0 aromatic heterocycles. The minimum atomic E-state index is -0.168. The van der Waals surface area contributed by atoms with Crippen LogP contribution in [0.1, 0.15) is 77.0 Å². The van der Waals surface area contributed by atoms with E-state index >= 15 is 0 Å². The van der Waals surface area contributed by atoms with Crippen LogP contribution in [0.15, 0.2) is 11.8 Å². The van der Waals surface area contributed by atoms with E-state index in [9.17, 15) is 9.59 Å². The number of carbonyl (C=O) groups is 2. The molecular formula is C34H55N5O4. The normalized spacial score (nSPS) is 39.9. The Morgan fingerprint density at radius 3 is 2.58 bits per heavy atom. The summed E-state index contributed by atoms with van der Waals surface area (Å²) in [5, 5.41) is 7.03. The molecule has 0 aromatic rings. The van der Waals surface area contributed by atoms with Gasteiger partial charge in [-0.15, -0.1) is 0 Å². The Hall–Kier alpha value is -1.52. The molecule has 9 heteroatoms. The lowest BCUT2D eigenvalue weighted by Gasteiger charge is -2.60. The predicted molar refractivity (Wildman–Crippen MR) is 166 cm³/mol. The molecule has 3 aliphatic carbocycles. The fourth-order valence-corrected chi connectivity index (χ4v) is 9.89. The summed E-state index contributed by atoms with van der Waals surface area (Å²) in [6.45, 7) is 7.57. The second kappa shape index (κ2) is 13.5. The topological polar surface area (TPSA) is 86.4 Å². The Kier molecular flexibility index (Phi) is 9.43. The van der Waals surface area contributed by atoms with Crippen molar-refractivity contribution < 1.29 is 19.1 Å². The molecule has 3 saturated heterocycles. The molecule has 43 heavy (non-hydrogen) atoms. The average Bonchev–Trinajstić information content (AvgIpc) is 3.44. The van der Waals surface area contributed by atoms with Crippen molar-refractivity contribution in [3.8, 4) is 0 Å². The van der Waals surface area contributed by atoms with Crippen LogP contribution in [0.5, 0.6) is 0 Å². The van der Waals surface area contributed by atoms with Crippen molar-refractivity contribution in [3.63, 3.8) is 0 Å². The van der Waals surface area contributed by atoms with Gasteiger partial charge in [-0.2, -0.15) is 0 Å². The van der Waals surface area contributed by atoms with Gasteiger partial charge in [0, 0.05) is 43.8 Å². The largest absolute Gasteiger partial charge is 0.379 e. The van der Waals surface area contributed by atoms with Crippen molar-refractivity contribution in [2.75, 3.05) is 59.5 Å². The van der Waals surface area contributed by atoms with E-state index in [4.69, 9.17) is 9.47 Å². The van der Waals surface area contributed by atoms with Gasteiger partial charge in [0.15, 0.2) is 5.78 Å². The number of ketones is 1. The number of Topliss-reactive ketones (excluding diaryl/α,β-unsaturated/α-hetero) is 1. The molecule has 4 heterocycles. The van der Waals surface area contributed by atoms with E-state index in [1.54, 1.807) is 0 Å². The third-order valence-electron chi connectivity index (χ3n) is 12.3. The van der Waals surface area contributed by atoms with Crippen molar-refractivity contribution >= 4 is 11.7 Å². The van der Waals surface area contributed by atoms with Gasteiger partial charge in [0.1, 0.15) is 0 Å². The number of nitrogens with zero attached hydrogens (tertiary/aromatic N) is 3. The van der Waals surface area contributed by atoms with Gasteiger partial charge in [-0.05, 0) is 89.9 Å². The Balaban J connectivity index is 1.06. The van der Waals surface area contributed by atoms with Gasteiger partial charge >= 0.3 is 0 Å². The van der Waals surface area contributed by atoms with E-state index in [0.29, 0.717) is 18.2 Å². The highest BCUT2D eigenvalue weighted by atomic mass is 16.5. The van der Waals surface area contributed by atoms with Gasteiger partial charge in [0.25, 0.3) is 5.91 Å². The molecule has 4 aliphatic heterocycles. The number of ether oxygens (including phenoxy) is 2. The van der Waals surface area contributed by atoms with Crippen LogP contribution in [0.4, 0.5) is 0 Å². The Morgan fingerprint density at radius 1 is 0.977 bits per heavy atom. The highest BCUT2D eigenvalue weighted by Gasteiger charge is 2.57. The minimum Gasteiger partial charge on any atom is -0.379 e. The smallest absolute Gasteiger partial charge is 0.256 e. The van der Waals surface area contributed by atoms with Crippen LogP contribution in [0.25, 0.3) is 0 Å². The maximum absolute atomic E-state index is 14.0. The van der Waals surface area contributed by atoms with E-state index in [0.717, 1.165) is 96.3 Å². The first-order valence-electron chi connectivity index (χ1n) is 17.8. The molecule has 9 atom stereocenters. The molecule has 3 saturated carbocycles. The number of hydrogen-bond donors (Lipinski definition) is 2. The molecule has 6 fully saturated rings. The average molecular weight is 598 g/mol. The third kappa shape index (κ3) is 6.31. The van der Waals surface area contributed by atoms with Gasteiger partial charge < -0.3 is 29.9 Å². The standard InChI is InChI=1S/C34H55N5O4/c1-37-14-4-8-25(37)11-13-36-34(41)27-22-39-29-20-23-6-2-3-7-24(23)21-30(29)43-33-28(10-9-26(31(33)39)32(27)40)35-12-5-15-38-16-18-42-19-17-38/h22-26,28-31,33,35H,2-21H2,1H3,(H,36,41). The Morgan fingerprint density at radius 2 is 1.79 bits per heavy atom. The molecule has 0 bridgehead atoms. The summed E-state index contributed by atoms with van der Waals surface area (Å²) in [7, 11) is 2.18. The quantitative estimate of drug-likeness (QED) is 0.310. The first-order chi connectivity index (χ1) is 21.1. The molecule has 7 aliphatic rings. The molecule has 9 unspecified atom stereocenters. The lowest BCUT2D eigenvalue weighted by molar-refractivity contribution is -0.200. The summed E-state index contributed by atoms with van der Waals surface area (Å²) >= 11 is 0. The first kappa shape index (κ1) is 30.2. The summed E-state index contributed by atoms with van der Waals surface area (Å²) in [4.78, 5) is 34.9. The summed E-state index contributed by atoms with van der Waals surface area (Å²) in [6, 6.07) is 1.08. The number of fused-ring (bicyclic) bond motifs is 3. The molecular weight excluding hydrogens is 542 g/mol. The minimum absolute atomic E-state index is 0.00811. The van der Waals surface area contributed by atoms with Gasteiger partial charge in [0.05, 0.1) is 43.1 Å². The van der Waals surface area contributed by atoms with Crippen molar-refractivity contribution in [3.05, 3.63) is 11.8 Å². The van der Waals surface area contributed by atoms with E-state index in [1.165, 1.54) is 38.5 Å². The van der Waals surface area contributed by atoms with E-state index < -0.39 is 0 Å². The lowest BCUT2D eigenvalue weighted by Crippen LogP contribution is -2.71. The monoisotopic (exact) mass is 597 g/mol. The number of hydrogen-bond acceptors (Lipinski definition) is 8. The maximum atomic E-state index is 14.0. The van der Waals surface area contributed by atoms with Crippen molar-refractivity contribution in [1.82, 2.24) is 25.3 Å². The molecule has 0 spiro atoms. The predicted octanol–water partition coefficient (Wildman–Crippen LogP) is 2.55. The molecule has 240 valence electrons. The second-order valence-electron chi connectivity index (χ2n) is 14.7. The van der Waals surface area contributed by atoms with E-state index in [-0.39, 0.29) is 47.9 Å². The van der Waals surface area contributed by atoms with Crippen LogP contribution in [-0.4, -0.2) is 122 Å². The third-order valence-corrected chi connectivity index (χ3v) is 12.3. The summed E-state index contributed by atoms with van der Waals surface area (Å²) < 4.78 is 12.6. The molecule has 1 amide bonds. The number of morpholine rings is 2. The maximum Gasteiger partial charge on any atom is 0.256 e. The zero-order valence-corrected chi connectivity index (χ0v) is 26.4. The number of likely N-dealkylation sites (tertiary alicyclic amines) is 1. The summed E-state index contributed by atoms with van der Waals surface area (Å²) in [5.74, 6) is 1.23. The van der Waals surface area contributed by atoms with Crippen molar-refractivity contribution in [2.24, 2.45) is 17.8 Å². The second-order valence-corrected chi connectivity index (χ2v) is 14.7. The van der Waals surface area contributed by atoms with Crippen molar-refractivity contribution in [2.45, 2.75) is 113 Å². The van der Waals surface area contributed by atoms with E-state index in [2.05, 4.69) is 32.4 Å². The van der Waals surface area contributed by atoms with Gasteiger partial charge in [-0.25, -0.2) is 0 Å². The molecule has 0 aromatic carbocycles. The van der Waals surface area contributed by atoms with E-state index in [1.807, 2.05) is 6.20 Å². The van der Waals surface area contributed by atoms with Gasteiger partial charge in [-0.1, -0.05) is 25.7 Å². The highest BCUT2D eigenvalue weighted by molar-refractivity contribution is 6.20. The number of nitrogens with one attached hydrogen (secondary N) is 2. The van der Waals surface area contributed by atoms with Crippen LogP contribution in [-0.2, 0) is 19.1 Å². The zero-order chi connectivity index (χ0) is 29.3. The zero-order valence-electron chi connectivity index (χ0n) is 26.4. The Bertz CT molecular complexity index is 1030. The van der Waals surface area contributed by atoms with Crippen LogP contribution in [0.2, 0.25) is 0 Å². The SMILES string of the molecule is CN1CCCC1CCNC(=O)C1=CN2C3CC4CCCCC4CC3OC3C(NCCCN4CCOCC4)CCC(C1=O)C32. The highest BCUT2D eigenvalue weighted by Crippen LogP contribution is 2.49. The molecule has 7 rings (SSSR count). The number of rotatable bonds is 9. The summed E-state index contributed by atoms with van der Waals surface area (Å²) in [6.07, 6.45) is 16.0. The van der Waals surface area contributed by atoms with Crippen LogP contribution < -0.4 is 10.6 Å². The molecule has 2 N–H and O–H groups in total.